The number of esters is 1. The molecule has 0 saturated heterocycles. The topological polar surface area (TPSA) is 38.3 Å². The predicted molar refractivity (Wildman–Crippen MR) is 65.2 cm³/mol. The molecule has 0 aliphatic heterocycles. The molecule has 0 saturated carbocycles. The number of carbonyl (C=O) groups is 1. The average molecular weight is 273 g/mol. The molecule has 0 unspecified atom stereocenters. The van der Waals surface area contributed by atoms with Gasteiger partial charge in [-0.2, -0.15) is 0 Å². The van der Waals surface area contributed by atoms with E-state index in [2.05, 4.69) is 10.1 Å². The van der Waals surface area contributed by atoms with E-state index in [9.17, 15) is 18.0 Å². The van der Waals surface area contributed by atoms with Crippen LogP contribution in [0.4, 0.5) is 18.9 Å². The molecule has 1 aromatic rings. The van der Waals surface area contributed by atoms with Crippen molar-refractivity contribution in [2.45, 2.75) is 13.3 Å². The summed E-state index contributed by atoms with van der Waals surface area (Å²) in [6.07, 6.45) is 1.96. The SMILES string of the molecule is CC/C(=C/CNc1ccc(F)c(F)c1F)C(=O)OC. The molecule has 0 aromatic heterocycles. The molecule has 0 spiro atoms. The first-order chi connectivity index (χ1) is 9.01. The molecular formula is C13H14F3NO2. The van der Waals surface area contributed by atoms with Gasteiger partial charge in [-0.25, -0.2) is 18.0 Å². The Kier molecular flexibility index (Phi) is 5.41. The second-order valence-corrected chi connectivity index (χ2v) is 3.68. The van der Waals surface area contributed by atoms with E-state index >= 15 is 0 Å². The first-order valence-electron chi connectivity index (χ1n) is 5.66. The summed E-state index contributed by atoms with van der Waals surface area (Å²) in [6.45, 7) is 1.86. The van der Waals surface area contributed by atoms with Crippen molar-refractivity contribution in [2.75, 3.05) is 19.0 Å². The third-order valence-corrected chi connectivity index (χ3v) is 2.50. The third kappa shape index (κ3) is 3.74. The lowest BCUT2D eigenvalue weighted by Gasteiger charge is -2.07. The van der Waals surface area contributed by atoms with Crippen LogP contribution in [0, 0.1) is 17.5 Å². The number of anilines is 1. The summed E-state index contributed by atoms with van der Waals surface area (Å²) in [6, 6.07) is 1.91. The number of ether oxygens (including phenoxy) is 1. The van der Waals surface area contributed by atoms with Crippen molar-refractivity contribution in [3.8, 4) is 0 Å². The van der Waals surface area contributed by atoms with E-state index in [0.29, 0.717) is 12.0 Å². The molecule has 0 aliphatic carbocycles. The van der Waals surface area contributed by atoms with E-state index < -0.39 is 23.4 Å². The number of rotatable bonds is 5. The molecule has 1 N–H and O–H groups in total. The van der Waals surface area contributed by atoms with Crippen LogP contribution in [0.25, 0.3) is 0 Å². The zero-order valence-corrected chi connectivity index (χ0v) is 10.6. The molecule has 6 heteroatoms. The summed E-state index contributed by atoms with van der Waals surface area (Å²) in [5.74, 6) is -4.54. The van der Waals surface area contributed by atoms with Gasteiger partial charge >= 0.3 is 5.97 Å². The largest absolute Gasteiger partial charge is 0.466 e. The summed E-state index contributed by atoms with van der Waals surface area (Å²) >= 11 is 0. The number of carbonyl (C=O) groups excluding carboxylic acids is 1. The summed E-state index contributed by atoms with van der Waals surface area (Å²) in [7, 11) is 1.26. The molecule has 3 nitrogen and oxygen atoms in total. The molecule has 0 bridgehead atoms. The molecular weight excluding hydrogens is 259 g/mol. The molecule has 0 radical (unpaired) electrons. The van der Waals surface area contributed by atoms with Gasteiger partial charge in [0.25, 0.3) is 0 Å². The van der Waals surface area contributed by atoms with Gasteiger partial charge in [-0.1, -0.05) is 13.0 Å². The zero-order valence-electron chi connectivity index (χ0n) is 10.6. The van der Waals surface area contributed by atoms with Crippen molar-refractivity contribution >= 4 is 11.7 Å². The highest BCUT2D eigenvalue weighted by Crippen LogP contribution is 2.19. The Bertz CT molecular complexity index is 501. The lowest BCUT2D eigenvalue weighted by molar-refractivity contribution is -0.136. The van der Waals surface area contributed by atoms with Crippen molar-refractivity contribution in [3.05, 3.63) is 41.2 Å². The molecule has 0 atom stereocenters. The maximum Gasteiger partial charge on any atom is 0.333 e. The highest BCUT2D eigenvalue weighted by Gasteiger charge is 2.12. The average Bonchev–Trinajstić information content (AvgIpc) is 2.42. The van der Waals surface area contributed by atoms with Gasteiger partial charge in [-0.3, -0.25) is 0 Å². The third-order valence-electron chi connectivity index (χ3n) is 2.50. The molecule has 0 fully saturated rings. The number of benzene rings is 1. The van der Waals surface area contributed by atoms with Crippen LogP contribution in [0.1, 0.15) is 13.3 Å². The van der Waals surface area contributed by atoms with Crippen molar-refractivity contribution in [2.24, 2.45) is 0 Å². The van der Waals surface area contributed by atoms with Crippen molar-refractivity contribution in [1.29, 1.82) is 0 Å². The fraction of sp³-hybridized carbons (Fsp3) is 0.308. The van der Waals surface area contributed by atoms with Crippen molar-refractivity contribution in [1.82, 2.24) is 0 Å². The van der Waals surface area contributed by atoms with E-state index in [0.717, 1.165) is 12.1 Å². The Labute approximate surface area is 109 Å². The molecule has 0 amide bonds. The molecule has 104 valence electrons. The van der Waals surface area contributed by atoms with Crippen LogP contribution in [-0.2, 0) is 9.53 Å². The van der Waals surface area contributed by atoms with Gasteiger partial charge in [0.15, 0.2) is 17.5 Å². The Hall–Kier alpha value is -1.98. The van der Waals surface area contributed by atoms with Crippen LogP contribution in [-0.4, -0.2) is 19.6 Å². The van der Waals surface area contributed by atoms with Gasteiger partial charge in [-0.15, -0.1) is 0 Å². The monoisotopic (exact) mass is 273 g/mol. The van der Waals surface area contributed by atoms with Crippen LogP contribution in [0.5, 0.6) is 0 Å². The fourth-order valence-corrected chi connectivity index (χ4v) is 1.45. The Morgan fingerprint density at radius 2 is 2.00 bits per heavy atom. The van der Waals surface area contributed by atoms with Gasteiger partial charge < -0.3 is 10.1 Å². The maximum absolute atomic E-state index is 13.3. The quantitative estimate of drug-likeness (QED) is 0.509. The maximum atomic E-state index is 13.3. The number of nitrogens with one attached hydrogen (secondary N) is 1. The van der Waals surface area contributed by atoms with Crippen LogP contribution < -0.4 is 5.32 Å². The van der Waals surface area contributed by atoms with Gasteiger partial charge in [0.2, 0.25) is 0 Å². The molecule has 1 aromatic carbocycles. The minimum Gasteiger partial charge on any atom is -0.466 e. The molecule has 0 aliphatic rings. The summed E-state index contributed by atoms with van der Waals surface area (Å²) in [5, 5.41) is 2.56. The van der Waals surface area contributed by atoms with E-state index in [1.165, 1.54) is 13.2 Å². The highest BCUT2D eigenvalue weighted by atomic mass is 19.2. The first kappa shape index (κ1) is 15.1. The molecule has 1 rings (SSSR count). The number of hydrogen-bond donors (Lipinski definition) is 1. The number of halogens is 3. The Morgan fingerprint density at radius 1 is 1.32 bits per heavy atom. The lowest BCUT2D eigenvalue weighted by Crippen LogP contribution is -2.08. The van der Waals surface area contributed by atoms with Gasteiger partial charge in [-0.05, 0) is 18.6 Å². The summed E-state index contributed by atoms with van der Waals surface area (Å²) in [4.78, 5) is 11.2. The standard InChI is InChI=1S/C13H14F3NO2/c1-3-8(13(18)19-2)6-7-17-10-5-4-9(14)11(15)12(10)16/h4-6,17H,3,7H2,1-2H3/b8-6-. The number of methoxy groups -OCH3 is 1. The zero-order chi connectivity index (χ0) is 14.4. The smallest absolute Gasteiger partial charge is 0.333 e. The number of hydrogen-bond acceptors (Lipinski definition) is 3. The second-order valence-electron chi connectivity index (χ2n) is 3.68. The van der Waals surface area contributed by atoms with Gasteiger partial charge in [0.1, 0.15) is 0 Å². The van der Waals surface area contributed by atoms with Crippen LogP contribution in [0.3, 0.4) is 0 Å². The minimum absolute atomic E-state index is 0.0975. The van der Waals surface area contributed by atoms with Crippen molar-refractivity contribution in [3.63, 3.8) is 0 Å². The first-order valence-corrected chi connectivity index (χ1v) is 5.66. The van der Waals surface area contributed by atoms with Crippen LogP contribution in [0.15, 0.2) is 23.8 Å². The van der Waals surface area contributed by atoms with E-state index in [1.807, 2.05) is 0 Å². The fourth-order valence-electron chi connectivity index (χ4n) is 1.45. The van der Waals surface area contributed by atoms with E-state index in [-0.39, 0.29) is 12.2 Å². The Balaban J connectivity index is 2.75. The molecule has 0 heterocycles. The lowest BCUT2D eigenvalue weighted by atomic mass is 10.2. The second kappa shape index (κ2) is 6.82. The molecule has 19 heavy (non-hydrogen) atoms. The van der Waals surface area contributed by atoms with Crippen LogP contribution >= 0.6 is 0 Å². The normalized spacial score (nSPS) is 11.3. The predicted octanol–water partition coefficient (Wildman–Crippen LogP) is 3.03. The minimum atomic E-state index is -1.53. The highest BCUT2D eigenvalue weighted by molar-refractivity contribution is 5.88. The summed E-state index contributed by atoms with van der Waals surface area (Å²) < 4.78 is 43.5. The van der Waals surface area contributed by atoms with Crippen molar-refractivity contribution < 1.29 is 22.7 Å². The van der Waals surface area contributed by atoms with E-state index in [4.69, 9.17) is 0 Å². The summed E-state index contributed by atoms with van der Waals surface area (Å²) in [5.41, 5.74) is 0.244. The van der Waals surface area contributed by atoms with Crippen LogP contribution in [0.2, 0.25) is 0 Å². The van der Waals surface area contributed by atoms with E-state index in [1.54, 1.807) is 6.92 Å². The Morgan fingerprint density at radius 3 is 2.58 bits per heavy atom. The van der Waals surface area contributed by atoms with Gasteiger partial charge in [0, 0.05) is 12.1 Å². The van der Waals surface area contributed by atoms with Gasteiger partial charge in [0.05, 0.1) is 12.8 Å².